The number of carboxylic acids is 1. The lowest BCUT2D eigenvalue weighted by atomic mass is 10.2. The highest BCUT2D eigenvalue weighted by molar-refractivity contribution is 5.83. The second kappa shape index (κ2) is 18.2. The molecule has 0 bridgehead atoms. The van der Waals surface area contributed by atoms with Crippen molar-refractivity contribution in [3.05, 3.63) is 0 Å². The van der Waals surface area contributed by atoms with E-state index in [1.54, 1.807) is 20.8 Å². The minimum Gasteiger partial charge on any atom is -0.480 e. The van der Waals surface area contributed by atoms with Crippen molar-refractivity contribution in [1.29, 1.82) is 0 Å². The third-order valence-corrected chi connectivity index (χ3v) is 3.51. The van der Waals surface area contributed by atoms with E-state index < -0.39 is 29.6 Å². The van der Waals surface area contributed by atoms with Crippen molar-refractivity contribution in [2.75, 3.05) is 59.4 Å². The summed E-state index contributed by atoms with van der Waals surface area (Å²) >= 11 is 0. The quantitative estimate of drug-likeness (QED) is 0.198. The van der Waals surface area contributed by atoms with E-state index in [1.165, 1.54) is 0 Å². The Bertz CT molecular complexity index is 585. The summed E-state index contributed by atoms with van der Waals surface area (Å²) in [5.74, 6) is 0.703. The zero-order valence-corrected chi connectivity index (χ0v) is 19.1. The maximum Gasteiger partial charge on any atom is 0.407 e. The van der Waals surface area contributed by atoms with E-state index in [-0.39, 0.29) is 32.6 Å². The van der Waals surface area contributed by atoms with E-state index in [9.17, 15) is 19.5 Å². The predicted octanol–water partition coefficient (Wildman–Crippen LogP) is 0.560. The Kier molecular flexibility index (Phi) is 16.8. The molecular formula is C21H36N2O9. The van der Waals surface area contributed by atoms with Gasteiger partial charge in [0.25, 0.3) is 0 Å². The van der Waals surface area contributed by atoms with Crippen LogP contribution in [0, 0.1) is 12.3 Å². The number of terminal acetylenes is 1. The molecule has 0 radical (unpaired) electrons. The van der Waals surface area contributed by atoms with Gasteiger partial charge in [-0.15, -0.1) is 6.42 Å². The molecule has 0 saturated heterocycles. The standard InChI is InChI=1S/C21H36N2O9/c1-5-9-28-11-13-30-15-16-31-14-12-29-10-7-18(24)23-17(19(25)26)6-8-22-20(27)32-21(2,3)4/h1,17H,6-16H2,2-4H3,(H,22,27)(H,23,24)(H,25,26)/t17-/m0/s1. The minimum absolute atomic E-state index is 0.00401. The Labute approximate surface area is 189 Å². The topological polar surface area (TPSA) is 142 Å². The highest BCUT2D eigenvalue weighted by atomic mass is 16.6. The summed E-state index contributed by atoms with van der Waals surface area (Å²) in [6.45, 7) is 7.90. The highest BCUT2D eigenvalue weighted by Gasteiger charge is 2.21. The van der Waals surface area contributed by atoms with Crippen molar-refractivity contribution in [2.45, 2.75) is 45.3 Å². The van der Waals surface area contributed by atoms with Crippen molar-refractivity contribution in [1.82, 2.24) is 10.6 Å². The van der Waals surface area contributed by atoms with Gasteiger partial charge in [-0.1, -0.05) is 5.92 Å². The average molecular weight is 461 g/mol. The number of rotatable bonds is 18. The fraction of sp³-hybridized carbons (Fsp3) is 0.762. The summed E-state index contributed by atoms with van der Waals surface area (Å²) < 4.78 is 26.0. The zero-order valence-electron chi connectivity index (χ0n) is 19.1. The highest BCUT2D eigenvalue weighted by Crippen LogP contribution is 2.06. The van der Waals surface area contributed by atoms with E-state index in [0.717, 1.165) is 0 Å². The number of nitrogens with one attached hydrogen (secondary N) is 2. The van der Waals surface area contributed by atoms with E-state index in [2.05, 4.69) is 16.6 Å². The summed E-state index contributed by atoms with van der Waals surface area (Å²) in [5.41, 5.74) is -0.652. The number of ether oxygens (including phenoxy) is 5. The third kappa shape index (κ3) is 19.6. The zero-order chi connectivity index (χ0) is 24.2. The molecule has 0 aliphatic carbocycles. The maximum atomic E-state index is 11.9. The summed E-state index contributed by atoms with van der Waals surface area (Å²) in [4.78, 5) is 34.8. The fourth-order valence-corrected chi connectivity index (χ4v) is 2.11. The fourth-order valence-electron chi connectivity index (χ4n) is 2.11. The van der Waals surface area contributed by atoms with Crippen LogP contribution in [0.25, 0.3) is 0 Å². The lowest BCUT2D eigenvalue weighted by Crippen LogP contribution is -2.43. The summed E-state index contributed by atoms with van der Waals surface area (Å²) in [7, 11) is 0. The molecule has 3 N–H and O–H groups in total. The predicted molar refractivity (Wildman–Crippen MR) is 115 cm³/mol. The van der Waals surface area contributed by atoms with Crippen molar-refractivity contribution >= 4 is 18.0 Å². The Balaban J connectivity index is 3.75. The normalized spacial score (nSPS) is 11.9. The molecule has 2 amide bonds. The van der Waals surface area contributed by atoms with Crippen LogP contribution in [0.5, 0.6) is 0 Å². The number of hydrogen-bond acceptors (Lipinski definition) is 8. The van der Waals surface area contributed by atoms with Crippen LogP contribution < -0.4 is 10.6 Å². The van der Waals surface area contributed by atoms with Crippen LogP contribution in [0.2, 0.25) is 0 Å². The van der Waals surface area contributed by atoms with Crippen LogP contribution >= 0.6 is 0 Å². The molecule has 0 heterocycles. The number of carbonyl (C=O) groups excluding carboxylic acids is 2. The number of carboxylic acid groups (broad SMARTS) is 1. The first-order valence-electron chi connectivity index (χ1n) is 10.4. The van der Waals surface area contributed by atoms with Gasteiger partial charge in [0.2, 0.25) is 5.91 Å². The third-order valence-electron chi connectivity index (χ3n) is 3.51. The van der Waals surface area contributed by atoms with Gasteiger partial charge in [-0.25, -0.2) is 9.59 Å². The smallest absolute Gasteiger partial charge is 0.407 e. The van der Waals surface area contributed by atoms with Crippen molar-refractivity contribution in [3.8, 4) is 12.3 Å². The first kappa shape index (κ1) is 29.6. The molecule has 184 valence electrons. The van der Waals surface area contributed by atoms with Gasteiger partial charge in [0.15, 0.2) is 0 Å². The Morgan fingerprint density at radius 3 is 1.97 bits per heavy atom. The first-order valence-corrected chi connectivity index (χ1v) is 10.4. The summed E-state index contributed by atoms with van der Waals surface area (Å²) in [5, 5.41) is 14.1. The van der Waals surface area contributed by atoms with Crippen molar-refractivity contribution in [2.24, 2.45) is 0 Å². The van der Waals surface area contributed by atoms with Crippen LogP contribution in [0.4, 0.5) is 4.79 Å². The molecule has 32 heavy (non-hydrogen) atoms. The molecule has 0 aliphatic heterocycles. The number of carbonyl (C=O) groups is 3. The van der Waals surface area contributed by atoms with Crippen molar-refractivity contribution < 1.29 is 43.2 Å². The maximum absolute atomic E-state index is 11.9. The minimum atomic E-state index is -1.19. The van der Waals surface area contributed by atoms with E-state index in [0.29, 0.717) is 39.6 Å². The van der Waals surface area contributed by atoms with Crippen LogP contribution in [-0.2, 0) is 33.3 Å². The van der Waals surface area contributed by atoms with Gasteiger partial charge >= 0.3 is 12.1 Å². The van der Waals surface area contributed by atoms with Gasteiger partial charge in [0.05, 0.1) is 46.2 Å². The van der Waals surface area contributed by atoms with Gasteiger partial charge < -0.3 is 39.4 Å². The van der Waals surface area contributed by atoms with Crippen LogP contribution in [-0.4, -0.2) is 94.1 Å². The summed E-state index contributed by atoms with van der Waals surface area (Å²) in [6.07, 6.45) is 4.42. The molecule has 1 atom stereocenters. The molecule has 0 aromatic rings. The Morgan fingerprint density at radius 2 is 1.47 bits per heavy atom. The van der Waals surface area contributed by atoms with Crippen LogP contribution in [0.1, 0.15) is 33.6 Å². The number of hydrogen-bond donors (Lipinski definition) is 3. The second-order valence-corrected chi connectivity index (χ2v) is 7.52. The molecule has 0 aliphatic rings. The molecule has 0 aromatic heterocycles. The molecule has 0 unspecified atom stereocenters. The molecule has 11 heteroatoms. The Hall–Kier alpha value is -2.39. The largest absolute Gasteiger partial charge is 0.480 e. The van der Waals surface area contributed by atoms with Crippen LogP contribution in [0.3, 0.4) is 0 Å². The van der Waals surface area contributed by atoms with Gasteiger partial charge in [-0.05, 0) is 27.2 Å². The molecule has 0 rings (SSSR count). The molecule has 11 nitrogen and oxygen atoms in total. The van der Waals surface area contributed by atoms with Gasteiger partial charge in [0, 0.05) is 13.0 Å². The van der Waals surface area contributed by atoms with Gasteiger partial charge in [-0.2, -0.15) is 0 Å². The van der Waals surface area contributed by atoms with Gasteiger partial charge in [0.1, 0.15) is 18.2 Å². The molecular weight excluding hydrogens is 424 g/mol. The number of amides is 2. The number of aliphatic carboxylic acids is 1. The SMILES string of the molecule is C#CCOCCOCCOCCOCCC(=O)N[C@@H](CCNC(=O)OC(C)(C)C)C(=O)O. The lowest BCUT2D eigenvalue weighted by Gasteiger charge is -2.20. The van der Waals surface area contributed by atoms with Crippen molar-refractivity contribution in [3.63, 3.8) is 0 Å². The van der Waals surface area contributed by atoms with Gasteiger partial charge in [-0.3, -0.25) is 4.79 Å². The first-order chi connectivity index (χ1) is 15.2. The molecule has 0 aromatic carbocycles. The summed E-state index contributed by atoms with van der Waals surface area (Å²) in [6, 6.07) is -1.13. The Morgan fingerprint density at radius 1 is 0.938 bits per heavy atom. The monoisotopic (exact) mass is 460 g/mol. The molecule has 0 spiro atoms. The molecule has 0 fully saturated rings. The van der Waals surface area contributed by atoms with E-state index in [4.69, 9.17) is 30.1 Å². The number of alkyl carbamates (subject to hydrolysis) is 1. The second-order valence-electron chi connectivity index (χ2n) is 7.52. The van der Waals surface area contributed by atoms with E-state index in [1.807, 2.05) is 0 Å². The average Bonchev–Trinajstić information content (AvgIpc) is 2.69. The van der Waals surface area contributed by atoms with E-state index >= 15 is 0 Å². The molecule has 0 saturated carbocycles. The lowest BCUT2D eigenvalue weighted by molar-refractivity contribution is -0.142. The van der Waals surface area contributed by atoms with Crippen LogP contribution in [0.15, 0.2) is 0 Å².